The van der Waals surface area contributed by atoms with Crippen LogP contribution in [0.2, 0.25) is 0 Å². The Bertz CT molecular complexity index is 781. The minimum atomic E-state index is -1.02. The summed E-state index contributed by atoms with van der Waals surface area (Å²) in [6.07, 6.45) is 3.92. The molecular weight excluding hydrogens is 332 g/mol. The summed E-state index contributed by atoms with van der Waals surface area (Å²) in [6, 6.07) is 7.18. The fourth-order valence-corrected chi connectivity index (χ4v) is 3.19. The van der Waals surface area contributed by atoms with Crippen molar-refractivity contribution in [3.63, 3.8) is 0 Å². The van der Waals surface area contributed by atoms with Crippen LogP contribution in [0.4, 0.5) is 5.95 Å². The zero-order valence-corrected chi connectivity index (χ0v) is 15.1. The number of benzene rings is 1. The third-order valence-corrected chi connectivity index (χ3v) is 4.42. The van der Waals surface area contributed by atoms with Crippen LogP contribution in [0.3, 0.4) is 0 Å². The Balaban J connectivity index is 1.83. The number of ether oxygens (including phenoxy) is 1. The molecule has 26 heavy (non-hydrogen) atoms. The Kier molecular flexibility index (Phi) is 5.68. The zero-order chi connectivity index (χ0) is 18.5. The normalized spacial score (nSPS) is 17.7. The van der Waals surface area contributed by atoms with E-state index >= 15 is 0 Å². The molecule has 2 aromatic rings. The van der Waals surface area contributed by atoms with Gasteiger partial charge in [0.1, 0.15) is 11.3 Å². The van der Waals surface area contributed by atoms with E-state index in [2.05, 4.69) is 27.2 Å². The summed E-state index contributed by atoms with van der Waals surface area (Å²) in [6.45, 7) is 4.31. The van der Waals surface area contributed by atoms with Gasteiger partial charge in [-0.2, -0.15) is 0 Å². The number of piperidine rings is 1. The summed E-state index contributed by atoms with van der Waals surface area (Å²) in [5.74, 6) is -0.0945. The fraction of sp³-hybridized carbons (Fsp3) is 0.421. The van der Waals surface area contributed by atoms with Crippen LogP contribution < -0.4 is 10.1 Å². The van der Waals surface area contributed by atoms with Crippen molar-refractivity contribution in [2.75, 3.05) is 32.1 Å². The number of likely N-dealkylation sites (tertiary alicyclic amines) is 1. The minimum absolute atomic E-state index is 0.131. The van der Waals surface area contributed by atoms with Crippen LogP contribution in [0.1, 0.15) is 30.1 Å². The maximum atomic E-state index is 11.5. The van der Waals surface area contributed by atoms with Crippen LogP contribution in [-0.4, -0.2) is 58.7 Å². The first kappa shape index (κ1) is 18.1. The molecule has 0 amide bonds. The lowest BCUT2D eigenvalue weighted by Gasteiger charge is -2.30. The average Bonchev–Trinajstić information content (AvgIpc) is 2.62. The molecule has 1 aromatic carbocycles. The summed E-state index contributed by atoms with van der Waals surface area (Å²) in [5, 5.41) is 12.8. The second kappa shape index (κ2) is 8.14. The van der Waals surface area contributed by atoms with Gasteiger partial charge in [0.05, 0.1) is 12.3 Å². The molecular formula is C19H24N4O3. The molecule has 1 aromatic heterocycles. The molecule has 1 atom stereocenters. The molecule has 1 fully saturated rings. The molecule has 1 aliphatic heterocycles. The van der Waals surface area contributed by atoms with Gasteiger partial charge in [-0.25, -0.2) is 14.8 Å². The number of hydrogen-bond acceptors (Lipinski definition) is 6. The standard InChI is InChI=1S/C19H24N4O3/c1-3-26-17-7-6-13(11-15(17)18(24)25)16-8-9-20-19(22-16)21-14-5-4-10-23(2)12-14/h6-9,11,14H,3-5,10,12H2,1-2H3,(H,24,25)(H,20,21,22). The van der Waals surface area contributed by atoms with Crippen molar-refractivity contribution in [3.05, 3.63) is 36.0 Å². The number of aromatic carboxylic acids is 1. The summed E-state index contributed by atoms with van der Waals surface area (Å²) < 4.78 is 5.39. The first-order chi connectivity index (χ1) is 12.6. The van der Waals surface area contributed by atoms with Crippen molar-refractivity contribution in [2.24, 2.45) is 0 Å². The minimum Gasteiger partial charge on any atom is -0.493 e. The van der Waals surface area contributed by atoms with E-state index in [1.807, 2.05) is 13.0 Å². The highest BCUT2D eigenvalue weighted by atomic mass is 16.5. The van der Waals surface area contributed by atoms with Crippen molar-refractivity contribution in [1.29, 1.82) is 0 Å². The van der Waals surface area contributed by atoms with Crippen LogP contribution in [0, 0.1) is 0 Å². The third kappa shape index (κ3) is 4.29. The molecule has 7 heteroatoms. The first-order valence-electron chi connectivity index (χ1n) is 8.85. The highest BCUT2D eigenvalue weighted by Crippen LogP contribution is 2.26. The number of hydrogen-bond donors (Lipinski definition) is 2. The number of aromatic nitrogens is 2. The van der Waals surface area contributed by atoms with Crippen molar-refractivity contribution in [2.45, 2.75) is 25.8 Å². The van der Waals surface area contributed by atoms with E-state index < -0.39 is 5.97 Å². The van der Waals surface area contributed by atoms with E-state index in [9.17, 15) is 9.90 Å². The van der Waals surface area contributed by atoms with Crippen LogP contribution in [0.15, 0.2) is 30.5 Å². The zero-order valence-electron chi connectivity index (χ0n) is 15.1. The Morgan fingerprint density at radius 2 is 2.27 bits per heavy atom. The molecule has 1 unspecified atom stereocenters. The lowest BCUT2D eigenvalue weighted by molar-refractivity contribution is 0.0692. The molecule has 0 radical (unpaired) electrons. The molecule has 0 aliphatic carbocycles. The molecule has 3 rings (SSSR count). The number of carboxylic acids is 1. The molecule has 0 spiro atoms. The summed E-state index contributed by atoms with van der Waals surface area (Å²) >= 11 is 0. The molecule has 0 saturated carbocycles. The smallest absolute Gasteiger partial charge is 0.339 e. The van der Waals surface area contributed by atoms with Gasteiger partial charge in [0.25, 0.3) is 0 Å². The van der Waals surface area contributed by atoms with E-state index in [0.29, 0.717) is 30.0 Å². The maximum absolute atomic E-state index is 11.5. The lowest BCUT2D eigenvalue weighted by atomic mass is 10.1. The van der Waals surface area contributed by atoms with Gasteiger partial charge >= 0.3 is 5.97 Å². The van der Waals surface area contributed by atoms with Crippen molar-refractivity contribution in [3.8, 4) is 17.0 Å². The third-order valence-electron chi connectivity index (χ3n) is 4.42. The van der Waals surface area contributed by atoms with Gasteiger partial charge in [-0.15, -0.1) is 0 Å². The summed E-state index contributed by atoms with van der Waals surface area (Å²) in [5.41, 5.74) is 1.53. The maximum Gasteiger partial charge on any atom is 0.339 e. The van der Waals surface area contributed by atoms with Crippen molar-refractivity contribution < 1.29 is 14.6 Å². The predicted octanol–water partition coefficient (Wildman–Crippen LogP) is 2.75. The highest BCUT2D eigenvalue weighted by Gasteiger charge is 2.18. The van der Waals surface area contributed by atoms with E-state index in [1.54, 1.807) is 24.4 Å². The monoisotopic (exact) mass is 356 g/mol. The number of carbonyl (C=O) groups is 1. The summed E-state index contributed by atoms with van der Waals surface area (Å²) in [7, 11) is 2.11. The van der Waals surface area contributed by atoms with Crippen molar-refractivity contribution >= 4 is 11.9 Å². The molecule has 7 nitrogen and oxygen atoms in total. The molecule has 1 saturated heterocycles. The van der Waals surface area contributed by atoms with Gasteiger partial charge < -0.3 is 20.1 Å². The van der Waals surface area contributed by atoms with Gasteiger partial charge in [0.15, 0.2) is 0 Å². The Morgan fingerprint density at radius 3 is 3.00 bits per heavy atom. The van der Waals surface area contributed by atoms with Gasteiger partial charge in [0, 0.05) is 24.3 Å². The Labute approximate surface area is 153 Å². The van der Waals surface area contributed by atoms with Gasteiger partial charge in [-0.3, -0.25) is 0 Å². The van der Waals surface area contributed by atoms with Gasteiger partial charge in [-0.05, 0) is 57.6 Å². The van der Waals surface area contributed by atoms with Crippen molar-refractivity contribution in [1.82, 2.24) is 14.9 Å². The second-order valence-corrected chi connectivity index (χ2v) is 6.46. The number of nitrogens with one attached hydrogen (secondary N) is 1. The highest BCUT2D eigenvalue weighted by molar-refractivity contribution is 5.92. The van der Waals surface area contributed by atoms with Gasteiger partial charge in [-0.1, -0.05) is 0 Å². The number of nitrogens with zero attached hydrogens (tertiary/aromatic N) is 3. The van der Waals surface area contributed by atoms with E-state index in [-0.39, 0.29) is 5.56 Å². The number of rotatable bonds is 6. The fourth-order valence-electron chi connectivity index (χ4n) is 3.19. The molecule has 138 valence electrons. The Hall–Kier alpha value is -2.67. The molecule has 2 heterocycles. The van der Waals surface area contributed by atoms with E-state index in [0.717, 1.165) is 31.5 Å². The second-order valence-electron chi connectivity index (χ2n) is 6.46. The first-order valence-corrected chi connectivity index (χ1v) is 8.85. The largest absolute Gasteiger partial charge is 0.493 e. The quantitative estimate of drug-likeness (QED) is 0.823. The van der Waals surface area contributed by atoms with E-state index in [1.165, 1.54) is 0 Å². The Morgan fingerprint density at radius 1 is 1.42 bits per heavy atom. The SMILES string of the molecule is CCOc1ccc(-c2ccnc(NC3CCCN(C)C3)n2)cc1C(=O)O. The van der Waals surface area contributed by atoms with Crippen LogP contribution in [-0.2, 0) is 0 Å². The number of anilines is 1. The predicted molar refractivity (Wildman–Crippen MR) is 99.7 cm³/mol. The van der Waals surface area contributed by atoms with E-state index in [4.69, 9.17) is 4.74 Å². The lowest BCUT2D eigenvalue weighted by Crippen LogP contribution is -2.40. The number of likely N-dealkylation sites (N-methyl/N-ethyl adjacent to an activating group) is 1. The average molecular weight is 356 g/mol. The van der Waals surface area contributed by atoms with Crippen LogP contribution >= 0.6 is 0 Å². The van der Waals surface area contributed by atoms with Crippen LogP contribution in [0.5, 0.6) is 5.75 Å². The number of carboxylic acid groups (broad SMARTS) is 1. The summed E-state index contributed by atoms with van der Waals surface area (Å²) in [4.78, 5) is 22.7. The van der Waals surface area contributed by atoms with Crippen LogP contribution in [0.25, 0.3) is 11.3 Å². The van der Waals surface area contributed by atoms with Gasteiger partial charge in [0.2, 0.25) is 5.95 Å². The topological polar surface area (TPSA) is 87.6 Å². The molecule has 2 N–H and O–H groups in total. The molecule has 1 aliphatic rings. The molecule has 0 bridgehead atoms.